The number of H-pyrrole nitrogens is 1. The summed E-state index contributed by atoms with van der Waals surface area (Å²) in [6, 6.07) is 0. The Bertz CT molecular complexity index is 406. The number of nitrogens with one attached hydrogen (secondary N) is 1. The molecule has 0 aliphatic carbocycles. The van der Waals surface area contributed by atoms with Gasteiger partial charge in [-0.3, -0.25) is 0 Å². The van der Waals surface area contributed by atoms with E-state index < -0.39 is 24.4 Å². The standard InChI is InChI=1S/C10H15F2N3O2/c1-5(2)6-4-14-7(15-6)3-10(13,8(11)12)9(16)17/h4-5,8H,3,13H2,1-2H3,(H,14,15)(H,16,17). The van der Waals surface area contributed by atoms with Crippen LogP contribution in [0.2, 0.25) is 0 Å². The highest BCUT2D eigenvalue weighted by Crippen LogP contribution is 2.19. The van der Waals surface area contributed by atoms with Crippen LogP contribution in [0.4, 0.5) is 8.78 Å². The molecule has 96 valence electrons. The van der Waals surface area contributed by atoms with Crippen molar-refractivity contribution < 1.29 is 18.7 Å². The van der Waals surface area contributed by atoms with Crippen LogP contribution in [0.1, 0.15) is 31.3 Å². The van der Waals surface area contributed by atoms with Crippen molar-refractivity contribution in [3.63, 3.8) is 0 Å². The number of aliphatic carboxylic acids is 1. The molecule has 0 bridgehead atoms. The average Bonchev–Trinajstić information content (AvgIpc) is 2.65. The summed E-state index contributed by atoms with van der Waals surface area (Å²) in [7, 11) is 0. The quantitative estimate of drug-likeness (QED) is 0.727. The molecule has 0 aliphatic heterocycles. The molecule has 0 aliphatic rings. The summed E-state index contributed by atoms with van der Waals surface area (Å²) in [6.07, 6.45) is -2.20. The van der Waals surface area contributed by atoms with Crippen LogP contribution in [0.25, 0.3) is 0 Å². The van der Waals surface area contributed by atoms with Crippen molar-refractivity contribution in [3.8, 4) is 0 Å². The number of carbonyl (C=O) groups is 1. The number of carboxylic acid groups (broad SMARTS) is 1. The minimum atomic E-state index is -3.16. The molecule has 0 aromatic carbocycles. The lowest BCUT2D eigenvalue weighted by Gasteiger charge is -2.22. The fraction of sp³-hybridized carbons (Fsp3) is 0.600. The molecule has 1 aromatic rings. The third-order valence-electron chi connectivity index (χ3n) is 2.52. The third kappa shape index (κ3) is 2.79. The van der Waals surface area contributed by atoms with Crippen LogP contribution >= 0.6 is 0 Å². The minimum Gasteiger partial charge on any atom is -0.480 e. The number of nitrogens with two attached hydrogens (primary N) is 1. The lowest BCUT2D eigenvalue weighted by atomic mass is 9.97. The van der Waals surface area contributed by atoms with Crippen LogP contribution in [-0.2, 0) is 11.2 Å². The predicted molar refractivity (Wildman–Crippen MR) is 56.9 cm³/mol. The van der Waals surface area contributed by atoms with E-state index in [1.165, 1.54) is 6.20 Å². The first-order valence-corrected chi connectivity index (χ1v) is 5.11. The Balaban J connectivity index is 2.91. The number of aromatic nitrogens is 2. The topological polar surface area (TPSA) is 92.0 Å². The summed E-state index contributed by atoms with van der Waals surface area (Å²) in [5.74, 6) is -1.44. The number of alkyl halides is 2. The lowest BCUT2D eigenvalue weighted by molar-refractivity contribution is -0.149. The van der Waals surface area contributed by atoms with Crippen LogP contribution in [0, 0.1) is 0 Å². The van der Waals surface area contributed by atoms with E-state index in [9.17, 15) is 13.6 Å². The maximum absolute atomic E-state index is 12.6. The first-order valence-electron chi connectivity index (χ1n) is 5.11. The molecule has 1 rings (SSSR count). The van der Waals surface area contributed by atoms with Crippen molar-refractivity contribution in [2.24, 2.45) is 5.73 Å². The molecule has 5 nitrogen and oxygen atoms in total. The normalized spacial score (nSPS) is 15.2. The fourth-order valence-corrected chi connectivity index (χ4v) is 1.29. The molecule has 0 radical (unpaired) electrons. The molecule has 17 heavy (non-hydrogen) atoms. The smallest absolute Gasteiger partial charge is 0.330 e. The van der Waals surface area contributed by atoms with Gasteiger partial charge in [0.25, 0.3) is 6.43 Å². The van der Waals surface area contributed by atoms with Crippen LogP contribution in [0.3, 0.4) is 0 Å². The van der Waals surface area contributed by atoms with Gasteiger partial charge < -0.3 is 15.8 Å². The summed E-state index contributed by atoms with van der Waals surface area (Å²) >= 11 is 0. The number of carboxylic acids is 1. The number of halogens is 2. The van der Waals surface area contributed by atoms with E-state index in [1.54, 1.807) is 0 Å². The second-order valence-corrected chi connectivity index (χ2v) is 4.26. The van der Waals surface area contributed by atoms with E-state index >= 15 is 0 Å². The molecule has 1 aromatic heterocycles. The van der Waals surface area contributed by atoms with Gasteiger partial charge in [-0.2, -0.15) is 0 Å². The lowest BCUT2D eigenvalue weighted by Crippen LogP contribution is -2.56. The highest BCUT2D eigenvalue weighted by atomic mass is 19.3. The largest absolute Gasteiger partial charge is 0.480 e. The average molecular weight is 247 g/mol. The van der Waals surface area contributed by atoms with Gasteiger partial charge in [0.15, 0.2) is 5.54 Å². The van der Waals surface area contributed by atoms with Gasteiger partial charge in [-0.1, -0.05) is 13.8 Å². The monoisotopic (exact) mass is 247 g/mol. The molecule has 1 atom stereocenters. The van der Waals surface area contributed by atoms with Crippen molar-refractivity contribution in [2.75, 3.05) is 0 Å². The summed E-state index contributed by atoms with van der Waals surface area (Å²) in [5, 5.41) is 8.73. The molecule has 0 amide bonds. The summed E-state index contributed by atoms with van der Waals surface area (Å²) in [6.45, 7) is 3.80. The first-order chi connectivity index (χ1) is 7.77. The van der Waals surface area contributed by atoms with Crippen molar-refractivity contribution >= 4 is 5.97 Å². The van der Waals surface area contributed by atoms with E-state index in [1.807, 2.05) is 13.8 Å². The second kappa shape index (κ2) is 4.79. The molecule has 0 fully saturated rings. The number of rotatable bonds is 5. The zero-order chi connectivity index (χ0) is 13.2. The van der Waals surface area contributed by atoms with E-state index in [0.29, 0.717) is 0 Å². The molecular weight excluding hydrogens is 232 g/mol. The number of nitrogens with zero attached hydrogens (tertiary/aromatic N) is 1. The zero-order valence-electron chi connectivity index (χ0n) is 9.58. The Kier molecular flexibility index (Phi) is 3.82. The third-order valence-corrected chi connectivity index (χ3v) is 2.52. The van der Waals surface area contributed by atoms with Crippen molar-refractivity contribution in [3.05, 3.63) is 17.7 Å². The van der Waals surface area contributed by atoms with Gasteiger partial charge in [0.05, 0.1) is 0 Å². The predicted octanol–water partition coefficient (Wildman–Crippen LogP) is 1.12. The number of hydrogen-bond donors (Lipinski definition) is 3. The number of aromatic amines is 1. The number of imidazole rings is 1. The summed E-state index contributed by atoms with van der Waals surface area (Å²) < 4.78 is 25.3. The second-order valence-electron chi connectivity index (χ2n) is 4.26. The Morgan fingerprint density at radius 3 is 2.59 bits per heavy atom. The van der Waals surface area contributed by atoms with Crippen LogP contribution in [-0.4, -0.2) is 33.0 Å². The summed E-state index contributed by atoms with van der Waals surface area (Å²) in [5.41, 5.74) is 3.34. The fourth-order valence-electron chi connectivity index (χ4n) is 1.29. The summed E-state index contributed by atoms with van der Waals surface area (Å²) in [4.78, 5) is 17.4. The van der Waals surface area contributed by atoms with Gasteiger partial charge in [0, 0.05) is 18.3 Å². The van der Waals surface area contributed by atoms with Crippen molar-refractivity contribution in [2.45, 2.75) is 38.2 Å². The maximum Gasteiger partial charge on any atom is 0.330 e. The van der Waals surface area contributed by atoms with Crippen LogP contribution in [0.5, 0.6) is 0 Å². The van der Waals surface area contributed by atoms with E-state index in [0.717, 1.165) is 5.69 Å². The molecule has 4 N–H and O–H groups in total. The molecule has 0 saturated carbocycles. The first kappa shape index (κ1) is 13.6. The molecule has 0 saturated heterocycles. The van der Waals surface area contributed by atoms with E-state index in [-0.39, 0.29) is 11.7 Å². The highest BCUT2D eigenvalue weighted by Gasteiger charge is 2.44. The molecule has 1 unspecified atom stereocenters. The molecule has 7 heteroatoms. The molecule has 1 heterocycles. The zero-order valence-corrected chi connectivity index (χ0v) is 9.58. The Morgan fingerprint density at radius 2 is 2.24 bits per heavy atom. The van der Waals surface area contributed by atoms with Crippen molar-refractivity contribution in [1.82, 2.24) is 9.97 Å². The highest BCUT2D eigenvalue weighted by molar-refractivity contribution is 5.79. The Morgan fingerprint density at radius 1 is 1.65 bits per heavy atom. The molecule has 0 spiro atoms. The Hall–Kier alpha value is -1.50. The van der Waals surface area contributed by atoms with Gasteiger partial charge in [0.2, 0.25) is 0 Å². The Labute approximate surface area is 97.0 Å². The van der Waals surface area contributed by atoms with E-state index in [2.05, 4.69) is 9.97 Å². The van der Waals surface area contributed by atoms with E-state index in [4.69, 9.17) is 10.8 Å². The minimum absolute atomic E-state index is 0.152. The van der Waals surface area contributed by atoms with Crippen LogP contribution < -0.4 is 5.73 Å². The number of hydrogen-bond acceptors (Lipinski definition) is 3. The maximum atomic E-state index is 12.6. The van der Waals surface area contributed by atoms with Gasteiger partial charge in [-0.25, -0.2) is 18.6 Å². The van der Waals surface area contributed by atoms with Gasteiger partial charge in [-0.15, -0.1) is 0 Å². The SMILES string of the molecule is CC(C)c1cnc(CC(N)(C(=O)O)C(F)F)[nH]1. The van der Waals surface area contributed by atoms with Crippen LogP contribution in [0.15, 0.2) is 6.20 Å². The van der Waals surface area contributed by atoms with Gasteiger partial charge in [-0.05, 0) is 5.92 Å². The van der Waals surface area contributed by atoms with Gasteiger partial charge >= 0.3 is 5.97 Å². The van der Waals surface area contributed by atoms with Gasteiger partial charge in [0.1, 0.15) is 5.82 Å². The van der Waals surface area contributed by atoms with Crippen molar-refractivity contribution in [1.29, 1.82) is 0 Å². The molecular formula is C10H15F2N3O2.